The van der Waals surface area contributed by atoms with Gasteiger partial charge < -0.3 is 5.73 Å². The first kappa shape index (κ1) is 9.65. The SMILES string of the molecule is CCn1nc(CN)c2c1CC(F)CC2. The van der Waals surface area contributed by atoms with Gasteiger partial charge in [0.05, 0.1) is 5.69 Å². The fourth-order valence-electron chi connectivity index (χ4n) is 2.14. The van der Waals surface area contributed by atoms with Gasteiger partial charge in [0.15, 0.2) is 0 Å². The summed E-state index contributed by atoms with van der Waals surface area (Å²) in [7, 11) is 0. The number of aryl methyl sites for hydroxylation is 1. The van der Waals surface area contributed by atoms with Crippen molar-refractivity contribution in [3.05, 3.63) is 17.0 Å². The summed E-state index contributed by atoms with van der Waals surface area (Å²) in [5, 5.41) is 4.39. The third kappa shape index (κ3) is 1.43. The van der Waals surface area contributed by atoms with Crippen LogP contribution in [-0.2, 0) is 25.9 Å². The molecule has 1 aliphatic carbocycles. The van der Waals surface area contributed by atoms with Crippen LogP contribution in [0.5, 0.6) is 0 Å². The fraction of sp³-hybridized carbons (Fsp3) is 0.700. The quantitative estimate of drug-likeness (QED) is 0.774. The average Bonchev–Trinajstić information content (AvgIpc) is 2.55. The van der Waals surface area contributed by atoms with Gasteiger partial charge in [-0.3, -0.25) is 4.68 Å². The van der Waals surface area contributed by atoms with Gasteiger partial charge in [0.1, 0.15) is 6.17 Å². The Kier molecular flexibility index (Phi) is 2.54. The van der Waals surface area contributed by atoms with Crippen LogP contribution in [0.1, 0.15) is 30.3 Å². The van der Waals surface area contributed by atoms with Crippen LogP contribution in [0.25, 0.3) is 0 Å². The highest BCUT2D eigenvalue weighted by Crippen LogP contribution is 2.26. The van der Waals surface area contributed by atoms with Crippen molar-refractivity contribution in [2.75, 3.05) is 0 Å². The Labute approximate surface area is 83.1 Å². The number of rotatable bonds is 2. The van der Waals surface area contributed by atoms with Crippen LogP contribution in [0.3, 0.4) is 0 Å². The van der Waals surface area contributed by atoms with Crippen LogP contribution in [0.15, 0.2) is 0 Å². The summed E-state index contributed by atoms with van der Waals surface area (Å²) in [5.41, 5.74) is 8.82. The number of hydrogen-bond donors (Lipinski definition) is 1. The molecule has 0 aromatic carbocycles. The Morgan fingerprint density at radius 2 is 2.43 bits per heavy atom. The Balaban J connectivity index is 2.42. The van der Waals surface area contributed by atoms with E-state index >= 15 is 0 Å². The zero-order chi connectivity index (χ0) is 10.1. The van der Waals surface area contributed by atoms with Gasteiger partial charge in [0.2, 0.25) is 0 Å². The Bertz CT molecular complexity index is 332. The average molecular weight is 197 g/mol. The second-order valence-electron chi connectivity index (χ2n) is 3.73. The maximum absolute atomic E-state index is 13.2. The molecule has 1 aliphatic rings. The molecule has 78 valence electrons. The van der Waals surface area contributed by atoms with E-state index in [1.54, 1.807) is 0 Å². The van der Waals surface area contributed by atoms with E-state index in [9.17, 15) is 4.39 Å². The molecule has 0 spiro atoms. The monoisotopic (exact) mass is 197 g/mol. The molecule has 2 N–H and O–H groups in total. The maximum atomic E-state index is 13.2. The van der Waals surface area contributed by atoms with E-state index in [4.69, 9.17) is 5.73 Å². The molecular formula is C10H16FN3. The molecule has 0 saturated heterocycles. The highest BCUT2D eigenvalue weighted by Gasteiger charge is 2.24. The van der Waals surface area contributed by atoms with Gasteiger partial charge in [0.25, 0.3) is 0 Å². The standard InChI is InChI=1S/C10H16FN3/c1-2-14-10-5-7(11)3-4-8(10)9(6-12)13-14/h7H,2-6,12H2,1H3. The largest absolute Gasteiger partial charge is 0.325 e. The number of nitrogens with zero attached hydrogens (tertiary/aromatic N) is 2. The summed E-state index contributed by atoms with van der Waals surface area (Å²) in [6.45, 7) is 3.29. The van der Waals surface area contributed by atoms with Crippen molar-refractivity contribution >= 4 is 0 Å². The van der Waals surface area contributed by atoms with Crippen LogP contribution < -0.4 is 5.73 Å². The smallest absolute Gasteiger partial charge is 0.106 e. The Hall–Kier alpha value is -0.900. The van der Waals surface area contributed by atoms with Gasteiger partial charge >= 0.3 is 0 Å². The van der Waals surface area contributed by atoms with Crippen LogP contribution >= 0.6 is 0 Å². The molecule has 14 heavy (non-hydrogen) atoms. The van der Waals surface area contributed by atoms with Crippen molar-refractivity contribution in [2.45, 2.75) is 45.4 Å². The van der Waals surface area contributed by atoms with E-state index in [2.05, 4.69) is 5.10 Å². The van der Waals surface area contributed by atoms with E-state index in [0.29, 0.717) is 19.4 Å². The Morgan fingerprint density at radius 3 is 3.07 bits per heavy atom. The van der Waals surface area contributed by atoms with E-state index in [-0.39, 0.29) is 0 Å². The Morgan fingerprint density at radius 1 is 1.64 bits per heavy atom. The van der Waals surface area contributed by atoms with Gasteiger partial charge in [-0.25, -0.2) is 4.39 Å². The molecule has 0 saturated carbocycles. The van der Waals surface area contributed by atoms with Crippen LogP contribution in [0.4, 0.5) is 4.39 Å². The van der Waals surface area contributed by atoms with Gasteiger partial charge in [-0.15, -0.1) is 0 Å². The molecule has 2 rings (SSSR count). The first-order chi connectivity index (χ1) is 6.76. The van der Waals surface area contributed by atoms with Crippen molar-refractivity contribution in [1.29, 1.82) is 0 Å². The minimum absolute atomic E-state index is 0.465. The zero-order valence-electron chi connectivity index (χ0n) is 8.46. The van der Waals surface area contributed by atoms with E-state index < -0.39 is 6.17 Å². The normalized spacial score (nSPS) is 20.9. The minimum Gasteiger partial charge on any atom is -0.325 e. The zero-order valence-corrected chi connectivity index (χ0v) is 8.46. The molecule has 0 bridgehead atoms. The maximum Gasteiger partial charge on any atom is 0.106 e. The van der Waals surface area contributed by atoms with Gasteiger partial charge in [-0.05, 0) is 25.3 Å². The molecule has 1 heterocycles. The molecule has 0 radical (unpaired) electrons. The molecule has 1 atom stereocenters. The van der Waals surface area contributed by atoms with Crippen molar-refractivity contribution in [2.24, 2.45) is 5.73 Å². The lowest BCUT2D eigenvalue weighted by atomic mass is 9.94. The lowest BCUT2D eigenvalue weighted by molar-refractivity contribution is 0.294. The molecule has 0 aliphatic heterocycles. The van der Waals surface area contributed by atoms with Crippen molar-refractivity contribution < 1.29 is 4.39 Å². The number of alkyl halides is 1. The molecule has 1 unspecified atom stereocenters. The second-order valence-corrected chi connectivity index (χ2v) is 3.73. The van der Waals surface area contributed by atoms with Gasteiger partial charge in [0, 0.05) is 25.2 Å². The van der Waals surface area contributed by atoms with E-state index in [0.717, 1.165) is 24.4 Å². The number of halogens is 1. The number of fused-ring (bicyclic) bond motifs is 1. The van der Waals surface area contributed by atoms with Gasteiger partial charge in [-0.1, -0.05) is 0 Å². The highest BCUT2D eigenvalue weighted by molar-refractivity contribution is 5.29. The highest BCUT2D eigenvalue weighted by atomic mass is 19.1. The van der Waals surface area contributed by atoms with Crippen molar-refractivity contribution in [1.82, 2.24) is 9.78 Å². The molecule has 3 nitrogen and oxygen atoms in total. The third-order valence-corrected chi connectivity index (χ3v) is 2.86. The minimum atomic E-state index is -0.699. The van der Waals surface area contributed by atoms with E-state index in [1.807, 2.05) is 11.6 Å². The van der Waals surface area contributed by atoms with E-state index in [1.165, 1.54) is 5.56 Å². The van der Waals surface area contributed by atoms with Gasteiger partial charge in [-0.2, -0.15) is 5.10 Å². The molecular weight excluding hydrogens is 181 g/mol. The molecule has 0 fully saturated rings. The number of aromatic nitrogens is 2. The summed E-state index contributed by atoms with van der Waals surface area (Å²) < 4.78 is 15.1. The lowest BCUT2D eigenvalue weighted by Gasteiger charge is -2.17. The summed E-state index contributed by atoms with van der Waals surface area (Å²) in [6.07, 6.45) is 1.23. The van der Waals surface area contributed by atoms with Crippen molar-refractivity contribution in [3.63, 3.8) is 0 Å². The molecule has 4 heteroatoms. The third-order valence-electron chi connectivity index (χ3n) is 2.86. The van der Waals surface area contributed by atoms with Crippen LogP contribution in [0.2, 0.25) is 0 Å². The summed E-state index contributed by atoms with van der Waals surface area (Å²) >= 11 is 0. The predicted octanol–water partition coefficient (Wildman–Crippen LogP) is 1.19. The summed E-state index contributed by atoms with van der Waals surface area (Å²) in [6, 6.07) is 0. The summed E-state index contributed by atoms with van der Waals surface area (Å²) in [4.78, 5) is 0. The predicted molar refractivity (Wildman–Crippen MR) is 52.7 cm³/mol. The fourth-order valence-corrected chi connectivity index (χ4v) is 2.14. The summed E-state index contributed by atoms with van der Waals surface area (Å²) in [5.74, 6) is 0. The second kappa shape index (κ2) is 3.69. The lowest BCUT2D eigenvalue weighted by Crippen LogP contribution is -2.17. The molecule has 1 aromatic rings. The van der Waals surface area contributed by atoms with Crippen LogP contribution in [0, 0.1) is 0 Å². The number of hydrogen-bond acceptors (Lipinski definition) is 2. The number of nitrogens with two attached hydrogens (primary N) is 1. The molecule has 1 aromatic heterocycles. The topological polar surface area (TPSA) is 43.8 Å². The molecule has 0 amide bonds. The van der Waals surface area contributed by atoms with Crippen molar-refractivity contribution in [3.8, 4) is 0 Å². The van der Waals surface area contributed by atoms with Crippen LogP contribution in [-0.4, -0.2) is 16.0 Å². The first-order valence-corrected chi connectivity index (χ1v) is 5.17. The first-order valence-electron chi connectivity index (χ1n) is 5.17.